The largest absolute Gasteiger partial charge is 0.481 e. The standard InChI is InChI=1S/C24H39NO4S/c1-5-7-9-15-25(16-10-8-6-2)24(28)21(12-14-23(26)27)18-30(29)22-13-11-19(3)20(4)17-22/h11,13,17,21H,5-10,12,14-16,18H2,1-4H3,(H,26,27). The molecule has 0 saturated carbocycles. The Hall–Kier alpha value is -1.69. The lowest BCUT2D eigenvalue weighted by molar-refractivity contribution is -0.138. The molecule has 1 aromatic rings. The minimum absolute atomic E-state index is 0.0411. The Morgan fingerprint density at radius 1 is 1.00 bits per heavy atom. The van der Waals surface area contributed by atoms with Crippen molar-refractivity contribution >= 4 is 22.7 Å². The van der Waals surface area contributed by atoms with E-state index in [1.54, 1.807) is 0 Å². The molecule has 0 aliphatic rings. The summed E-state index contributed by atoms with van der Waals surface area (Å²) in [5, 5.41) is 9.15. The number of hydrogen-bond donors (Lipinski definition) is 1. The molecular formula is C24H39NO4S. The number of carbonyl (C=O) groups excluding carboxylic acids is 1. The first-order valence-corrected chi connectivity index (χ1v) is 12.6. The van der Waals surface area contributed by atoms with Crippen LogP contribution in [0.1, 0.15) is 76.3 Å². The van der Waals surface area contributed by atoms with Crippen molar-refractivity contribution in [3.05, 3.63) is 29.3 Å². The molecule has 0 bridgehead atoms. The second kappa shape index (κ2) is 14.3. The Kier molecular flexibility index (Phi) is 12.6. The molecule has 30 heavy (non-hydrogen) atoms. The number of benzene rings is 1. The summed E-state index contributed by atoms with van der Waals surface area (Å²) in [5.74, 6) is -1.33. The summed E-state index contributed by atoms with van der Waals surface area (Å²) >= 11 is 0. The third-order valence-electron chi connectivity index (χ3n) is 5.52. The first kappa shape index (κ1) is 26.3. The van der Waals surface area contributed by atoms with Crippen LogP contribution in [0.3, 0.4) is 0 Å². The molecule has 0 aliphatic heterocycles. The predicted molar refractivity (Wildman–Crippen MR) is 123 cm³/mol. The van der Waals surface area contributed by atoms with Gasteiger partial charge < -0.3 is 10.0 Å². The molecule has 0 aliphatic carbocycles. The number of aryl methyl sites for hydroxylation is 2. The van der Waals surface area contributed by atoms with E-state index < -0.39 is 22.7 Å². The van der Waals surface area contributed by atoms with E-state index in [9.17, 15) is 13.8 Å². The van der Waals surface area contributed by atoms with Gasteiger partial charge >= 0.3 is 5.97 Å². The molecule has 0 saturated heterocycles. The summed E-state index contributed by atoms with van der Waals surface area (Å²) in [6.07, 6.45) is 6.31. The number of carboxylic acids is 1. The number of amides is 1. The van der Waals surface area contributed by atoms with Gasteiger partial charge in [0, 0.05) is 30.2 Å². The molecule has 170 valence electrons. The lowest BCUT2D eigenvalue weighted by Gasteiger charge is -2.27. The zero-order chi connectivity index (χ0) is 22.5. The van der Waals surface area contributed by atoms with E-state index >= 15 is 0 Å². The van der Waals surface area contributed by atoms with Gasteiger partial charge in [-0.15, -0.1) is 0 Å². The summed E-state index contributed by atoms with van der Waals surface area (Å²) in [4.78, 5) is 27.1. The Morgan fingerprint density at radius 3 is 2.10 bits per heavy atom. The maximum Gasteiger partial charge on any atom is 0.303 e. The van der Waals surface area contributed by atoms with Crippen LogP contribution in [0.25, 0.3) is 0 Å². The third kappa shape index (κ3) is 9.41. The highest BCUT2D eigenvalue weighted by Crippen LogP contribution is 2.20. The van der Waals surface area contributed by atoms with Crippen molar-refractivity contribution in [1.82, 2.24) is 4.90 Å². The van der Waals surface area contributed by atoms with E-state index in [1.807, 2.05) is 36.9 Å². The van der Waals surface area contributed by atoms with E-state index in [0.717, 1.165) is 49.7 Å². The van der Waals surface area contributed by atoms with Crippen molar-refractivity contribution in [2.24, 2.45) is 5.92 Å². The summed E-state index contributed by atoms with van der Waals surface area (Å²) in [5.41, 5.74) is 2.20. The Labute approximate surface area is 184 Å². The van der Waals surface area contributed by atoms with Crippen molar-refractivity contribution in [2.45, 2.75) is 84.0 Å². The minimum atomic E-state index is -1.34. The molecular weight excluding hydrogens is 398 g/mol. The second-order valence-electron chi connectivity index (χ2n) is 8.13. The van der Waals surface area contributed by atoms with Crippen LogP contribution in [0.5, 0.6) is 0 Å². The van der Waals surface area contributed by atoms with Gasteiger partial charge in [-0.3, -0.25) is 13.8 Å². The number of hydrogen-bond acceptors (Lipinski definition) is 3. The van der Waals surface area contributed by atoms with Crippen LogP contribution < -0.4 is 0 Å². The molecule has 0 heterocycles. The predicted octanol–water partition coefficient (Wildman–Crippen LogP) is 5.10. The van der Waals surface area contributed by atoms with E-state index in [4.69, 9.17) is 5.11 Å². The van der Waals surface area contributed by atoms with Crippen LogP contribution in [0.2, 0.25) is 0 Å². The first-order chi connectivity index (χ1) is 14.3. The summed E-state index contributed by atoms with van der Waals surface area (Å²) in [7, 11) is -1.34. The van der Waals surface area contributed by atoms with Gasteiger partial charge in [0.05, 0.1) is 16.7 Å². The molecule has 5 nitrogen and oxygen atoms in total. The van der Waals surface area contributed by atoms with Crippen LogP contribution in [0.15, 0.2) is 23.1 Å². The van der Waals surface area contributed by atoms with E-state index in [1.165, 1.54) is 0 Å². The van der Waals surface area contributed by atoms with Crippen LogP contribution in [0.4, 0.5) is 0 Å². The first-order valence-electron chi connectivity index (χ1n) is 11.3. The fourth-order valence-corrected chi connectivity index (χ4v) is 4.80. The smallest absolute Gasteiger partial charge is 0.303 e. The number of rotatable bonds is 15. The summed E-state index contributed by atoms with van der Waals surface area (Å²) in [6.45, 7) is 9.63. The molecule has 0 spiro atoms. The van der Waals surface area contributed by atoms with Crippen LogP contribution in [-0.2, 0) is 20.4 Å². The molecule has 2 unspecified atom stereocenters. The fraction of sp³-hybridized carbons (Fsp3) is 0.667. The fourth-order valence-electron chi connectivity index (χ4n) is 3.41. The van der Waals surface area contributed by atoms with Gasteiger partial charge in [-0.05, 0) is 56.4 Å². The molecule has 1 rings (SSSR count). The third-order valence-corrected chi connectivity index (χ3v) is 7.01. The molecule has 1 aromatic carbocycles. The maximum absolute atomic E-state index is 13.3. The summed E-state index contributed by atoms with van der Waals surface area (Å²) < 4.78 is 13.0. The minimum Gasteiger partial charge on any atom is -0.481 e. The highest BCUT2D eigenvalue weighted by Gasteiger charge is 2.27. The molecule has 0 radical (unpaired) electrons. The Morgan fingerprint density at radius 2 is 1.60 bits per heavy atom. The monoisotopic (exact) mass is 437 g/mol. The highest BCUT2D eigenvalue weighted by molar-refractivity contribution is 7.85. The van der Waals surface area contributed by atoms with E-state index in [-0.39, 0.29) is 24.5 Å². The Bertz CT molecular complexity index is 694. The average Bonchev–Trinajstić information content (AvgIpc) is 2.71. The highest BCUT2D eigenvalue weighted by atomic mass is 32.2. The topological polar surface area (TPSA) is 74.7 Å². The van der Waals surface area contributed by atoms with Gasteiger partial charge in [-0.25, -0.2) is 0 Å². The molecule has 2 atom stereocenters. The van der Waals surface area contributed by atoms with Crippen molar-refractivity contribution in [3.63, 3.8) is 0 Å². The quantitative estimate of drug-likeness (QED) is 0.387. The van der Waals surface area contributed by atoms with Crippen molar-refractivity contribution in [2.75, 3.05) is 18.8 Å². The lowest BCUT2D eigenvalue weighted by atomic mass is 10.0. The van der Waals surface area contributed by atoms with Crippen LogP contribution in [-0.4, -0.2) is 44.9 Å². The maximum atomic E-state index is 13.3. The normalized spacial score (nSPS) is 13.1. The zero-order valence-corrected chi connectivity index (χ0v) is 19.9. The molecule has 1 N–H and O–H groups in total. The second-order valence-corrected chi connectivity index (χ2v) is 9.62. The molecule has 1 amide bonds. The zero-order valence-electron chi connectivity index (χ0n) is 19.1. The molecule has 6 heteroatoms. The van der Waals surface area contributed by atoms with Gasteiger partial charge in [-0.2, -0.15) is 0 Å². The number of nitrogens with zero attached hydrogens (tertiary/aromatic N) is 1. The number of aliphatic carboxylic acids is 1. The van der Waals surface area contributed by atoms with Crippen LogP contribution >= 0.6 is 0 Å². The van der Waals surface area contributed by atoms with Crippen molar-refractivity contribution in [1.29, 1.82) is 0 Å². The summed E-state index contributed by atoms with van der Waals surface area (Å²) in [6, 6.07) is 5.69. The number of carbonyl (C=O) groups is 2. The van der Waals surface area contributed by atoms with E-state index in [2.05, 4.69) is 13.8 Å². The van der Waals surface area contributed by atoms with Gasteiger partial charge in [0.15, 0.2) is 0 Å². The number of carboxylic acid groups (broad SMARTS) is 1. The van der Waals surface area contributed by atoms with Crippen molar-refractivity contribution < 1.29 is 18.9 Å². The van der Waals surface area contributed by atoms with E-state index in [0.29, 0.717) is 18.0 Å². The molecule has 0 fully saturated rings. The van der Waals surface area contributed by atoms with Gasteiger partial charge in [0.2, 0.25) is 5.91 Å². The lowest BCUT2D eigenvalue weighted by Crippen LogP contribution is -2.39. The van der Waals surface area contributed by atoms with Crippen LogP contribution in [0, 0.1) is 19.8 Å². The van der Waals surface area contributed by atoms with Crippen molar-refractivity contribution in [3.8, 4) is 0 Å². The van der Waals surface area contributed by atoms with Gasteiger partial charge in [0.1, 0.15) is 0 Å². The Balaban J connectivity index is 2.96. The number of unbranched alkanes of at least 4 members (excludes halogenated alkanes) is 4. The van der Waals surface area contributed by atoms with Gasteiger partial charge in [-0.1, -0.05) is 45.6 Å². The van der Waals surface area contributed by atoms with Gasteiger partial charge in [0.25, 0.3) is 0 Å². The average molecular weight is 438 g/mol. The molecule has 0 aromatic heterocycles. The SMILES string of the molecule is CCCCCN(CCCCC)C(=O)C(CCC(=O)O)CS(=O)c1ccc(C)c(C)c1.